The Labute approximate surface area is 138 Å². The lowest BCUT2D eigenvalue weighted by Gasteiger charge is -2.36. The van der Waals surface area contributed by atoms with E-state index in [-0.39, 0.29) is 0 Å². The van der Waals surface area contributed by atoms with Gasteiger partial charge in [0.1, 0.15) is 5.82 Å². The van der Waals surface area contributed by atoms with Crippen LogP contribution in [0, 0.1) is 6.92 Å². The Morgan fingerprint density at radius 3 is 2.48 bits per heavy atom. The van der Waals surface area contributed by atoms with Crippen molar-refractivity contribution in [2.75, 3.05) is 41.3 Å². The first-order valence-corrected chi connectivity index (χ1v) is 8.28. The number of benzene rings is 1. The molecule has 0 saturated carbocycles. The number of rotatable bonds is 4. The summed E-state index contributed by atoms with van der Waals surface area (Å²) in [6, 6.07) is 11.0. The zero-order chi connectivity index (χ0) is 16.2. The molecule has 0 aliphatic carbocycles. The smallest absolute Gasteiger partial charge is 0.227 e. The van der Waals surface area contributed by atoms with E-state index in [9.17, 15) is 0 Å². The van der Waals surface area contributed by atoms with E-state index >= 15 is 0 Å². The number of hydrogen-bond acceptors (Lipinski definition) is 5. The standard InChI is InChI=1S/C18H25N5/c1-14(2)20-17-7-8-19-18(21-17)23-11-9-22(10-12-23)16-6-4-5-15(3)13-16/h4-8,13-14H,9-12H2,1-3H3,(H,19,20,21). The average molecular weight is 311 g/mol. The van der Waals surface area contributed by atoms with Crippen LogP contribution in [0.15, 0.2) is 36.5 Å². The molecule has 122 valence electrons. The van der Waals surface area contributed by atoms with Crippen LogP contribution in [0.25, 0.3) is 0 Å². The van der Waals surface area contributed by atoms with Crippen molar-refractivity contribution in [1.29, 1.82) is 0 Å². The van der Waals surface area contributed by atoms with Gasteiger partial charge in [-0.2, -0.15) is 4.98 Å². The molecule has 2 heterocycles. The Bertz CT molecular complexity index is 647. The molecular weight excluding hydrogens is 286 g/mol. The third-order valence-corrected chi connectivity index (χ3v) is 4.01. The number of aryl methyl sites for hydroxylation is 1. The largest absolute Gasteiger partial charge is 0.368 e. The molecule has 0 radical (unpaired) electrons. The summed E-state index contributed by atoms with van der Waals surface area (Å²) >= 11 is 0. The minimum atomic E-state index is 0.371. The van der Waals surface area contributed by atoms with Gasteiger partial charge in [0.25, 0.3) is 0 Å². The summed E-state index contributed by atoms with van der Waals surface area (Å²) in [5.74, 6) is 1.71. The van der Waals surface area contributed by atoms with Gasteiger partial charge in [-0.05, 0) is 44.5 Å². The highest BCUT2D eigenvalue weighted by molar-refractivity contribution is 5.50. The second kappa shape index (κ2) is 6.86. The minimum absolute atomic E-state index is 0.371. The third kappa shape index (κ3) is 3.92. The molecule has 5 nitrogen and oxygen atoms in total. The normalized spacial score (nSPS) is 15.1. The van der Waals surface area contributed by atoms with Gasteiger partial charge in [-0.1, -0.05) is 12.1 Å². The van der Waals surface area contributed by atoms with E-state index in [0.29, 0.717) is 6.04 Å². The highest BCUT2D eigenvalue weighted by Crippen LogP contribution is 2.20. The van der Waals surface area contributed by atoms with Gasteiger partial charge in [-0.15, -0.1) is 0 Å². The molecule has 2 aromatic rings. The first-order chi connectivity index (χ1) is 11.1. The maximum Gasteiger partial charge on any atom is 0.227 e. The Morgan fingerprint density at radius 2 is 1.78 bits per heavy atom. The van der Waals surface area contributed by atoms with Gasteiger partial charge < -0.3 is 15.1 Å². The van der Waals surface area contributed by atoms with E-state index in [4.69, 9.17) is 0 Å². The molecule has 1 aliphatic rings. The van der Waals surface area contributed by atoms with E-state index in [1.54, 1.807) is 0 Å². The predicted octanol–water partition coefficient (Wildman–Crippen LogP) is 2.93. The van der Waals surface area contributed by atoms with Crippen molar-refractivity contribution in [2.24, 2.45) is 0 Å². The summed E-state index contributed by atoms with van der Waals surface area (Å²) < 4.78 is 0. The van der Waals surface area contributed by atoms with E-state index in [0.717, 1.165) is 37.9 Å². The third-order valence-electron chi connectivity index (χ3n) is 4.01. The maximum absolute atomic E-state index is 4.63. The van der Waals surface area contributed by atoms with Gasteiger partial charge in [0.15, 0.2) is 0 Å². The van der Waals surface area contributed by atoms with Crippen LogP contribution in [-0.4, -0.2) is 42.2 Å². The molecule has 0 unspecified atom stereocenters. The van der Waals surface area contributed by atoms with Crippen molar-refractivity contribution >= 4 is 17.5 Å². The molecule has 1 N–H and O–H groups in total. The summed E-state index contributed by atoms with van der Waals surface area (Å²) in [6.07, 6.45) is 1.83. The highest BCUT2D eigenvalue weighted by atomic mass is 15.3. The second-order valence-electron chi connectivity index (χ2n) is 6.35. The molecule has 0 spiro atoms. The van der Waals surface area contributed by atoms with Crippen molar-refractivity contribution in [3.63, 3.8) is 0 Å². The zero-order valence-corrected chi connectivity index (χ0v) is 14.2. The van der Waals surface area contributed by atoms with Crippen molar-refractivity contribution in [1.82, 2.24) is 9.97 Å². The molecule has 1 fully saturated rings. The molecule has 1 saturated heterocycles. The second-order valence-corrected chi connectivity index (χ2v) is 6.35. The summed E-state index contributed by atoms with van der Waals surface area (Å²) in [5, 5.41) is 3.34. The fraction of sp³-hybridized carbons (Fsp3) is 0.444. The fourth-order valence-electron chi connectivity index (χ4n) is 2.87. The van der Waals surface area contributed by atoms with E-state index in [1.165, 1.54) is 11.3 Å². The Kier molecular flexibility index (Phi) is 4.65. The molecule has 0 atom stereocenters. The predicted molar refractivity (Wildman–Crippen MR) is 96.4 cm³/mol. The molecule has 1 aromatic heterocycles. The molecule has 3 rings (SSSR count). The van der Waals surface area contributed by atoms with Crippen LogP contribution in [-0.2, 0) is 0 Å². The summed E-state index contributed by atoms with van der Waals surface area (Å²) in [4.78, 5) is 13.8. The van der Waals surface area contributed by atoms with E-state index in [1.807, 2.05) is 12.3 Å². The molecule has 5 heteroatoms. The first-order valence-electron chi connectivity index (χ1n) is 8.28. The number of anilines is 3. The number of nitrogens with one attached hydrogen (secondary N) is 1. The van der Waals surface area contributed by atoms with Gasteiger partial charge in [0.2, 0.25) is 5.95 Å². The zero-order valence-electron chi connectivity index (χ0n) is 14.2. The Morgan fingerprint density at radius 1 is 1.04 bits per heavy atom. The van der Waals surface area contributed by atoms with Crippen LogP contribution in [0.5, 0.6) is 0 Å². The van der Waals surface area contributed by atoms with Crippen LogP contribution in [0.2, 0.25) is 0 Å². The van der Waals surface area contributed by atoms with Crippen LogP contribution in [0.3, 0.4) is 0 Å². The first kappa shape index (κ1) is 15.6. The number of nitrogens with zero attached hydrogens (tertiary/aromatic N) is 4. The molecule has 1 aliphatic heterocycles. The van der Waals surface area contributed by atoms with E-state index < -0.39 is 0 Å². The molecule has 23 heavy (non-hydrogen) atoms. The van der Waals surface area contributed by atoms with Gasteiger partial charge in [0.05, 0.1) is 0 Å². The Hall–Kier alpha value is -2.30. The monoisotopic (exact) mass is 311 g/mol. The van der Waals surface area contributed by atoms with Crippen LogP contribution < -0.4 is 15.1 Å². The summed E-state index contributed by atoms with van der Waals surface area (Å²) in [6.45, 7) is 10.2. The Balaban J connectivity index is 1.65. The van der Waals surface area contributed by atoms with Crippen LogP contribution in [0.1, 0.15) is 19.4 Å². The van der Waals surface area contributed by atoms with Crippen molar-refractivity contribution in [3.8, 4) is 0 Å². The molecule has 1 aromatic carbocycles. The summed E-state index contributed by atoms with van der Waals surface area (Å²) in [5.41, 5.74) is 2.61. The van der Waals surface area contributed by atoms with Crippen molar-refractivity contribution in [2.45, 2.75) is 26.8 Å². The number of hydrogen-bond donors (Lipinski definition) is 1. The van der Waals surface area contributed by atoms with Gasteiger partial charge in [-0.25, -0.2) is 4.98 Å². The fourth-order valence-corrected chi connectivity index (χ4v) is 2.87. The quantitative estimate of drug-likeness (QED) is 0.940. The van der Waals surface area contributed by atoms with Crippen LogP contribution in [0.4, 0.5) is 17.5 Å². The number of aromatic nitrogens is 2. The summed E-state index contributed by atoms with van der Waals surface area (Å²) in [7, 11) is 0. The SMILES string of the molecule is Cc1cccc(N2CCN(c3nccc(NC(C)C)n3)CC2)c1. The van der Waals surface area contributed by atoms with Gasteiger partial charge >= 0.3 is 0 Å². The molecule has 0 bridgehead atoms. The van der Waals surface area contributed by atoms with Crippen molar-refractivity contribution in [3.05, 3.63) is 42.1 Å². The lowest BCUT2D eigenvalue weighted by Crippen LogP contribution is -2.47. The lowest BCUT2D eigenvalue weighted by molar-refractivity contribution is 0.640. The lowest BCUT2D eigenvalue weighted by atomic mass is 10.2. The van der Waals surface area contributed by atoms with Gasteiger partial charge in [-0.3, -0.25) is 0 Å². The topological polar surface area (TPSA) is 44.3 Å². The maximum atomic E-state index is 4.63. The molecule has 0 amide bonds. The highest BCUT2D eigenvalue weighted by Gasteiger charge is 2.19. The van der Waals surface area contributed by atoms with Crippen molar-refractivity contribution < 1.29 is 0 Å². The van der Waals surface area contributed by atoms with E-state index in [2.05, 4.69) is 70.1 Å². The van der Waals surface area contributed by atoms with Gasteiger partial charge in [0, 0.05) is 44.1 Å². The van der Waals surface area contributed by atoms with Crippen LogP contribution >= 0.6 is 0 Å². The average Bonchev–Trinajstić information content (AvgIpc) is 2.55. The number of piperazine rings is 1. The minimum Gasteiger partial charge on any atom is -0.368 e. The molecular formula is C18H25N5.